The van der Waals surface area contributed by atoms with Gasteiger partial charge < -0.3 is 44.9 Å². The maximum atomic E-state index is 12.1. The lowest BCUT2D eigenvalue weighted by atomic mass is 9.56. The molecular weight excluding hydrogens is 1270 g/mol. The number of aromatic nitrogens is 9. The zero-order valence-corrected chi connectivity index (χ0v) is 57.1. The zero-order valence-electron chi connectivity index (χ0n) is 57.1. The van der Waals surface area contributed by atoms with Crippen molar-refractivity contribution in [2.75, 3.05) is 60.7 Å². The number of carbonyl (C=O) groups excluding carboxylic acids is 3. The van der Waals surface area contributed by atoms with Gasteiger partial charge in [0.05, 0.1) is 90.2 Å². The molecule has 6 atom stereocenters. The van der Waals surface area contributed by atoms with E-state index in [1.54, 1.807) is 50.7 Å². The average molecular weight is 1350 g/mol. The smallest absolute Gasteiger partial charge is 0.296 e. The Morgan fingerprint density at radius 1 is 0.515 bits per heavy atom. The van der Waals surface area contributed by atoms with E-state index in [-0.39, 0.29) is 34.3 Å². The molecule has 5 aliphatic heterocycles. The molecule has 0 spiro atoms. The van der Waals surface area contributed by atoms with Gasteiger partial charge in [-0.2, -0.15) is 31.1 Å². The standard InChI is InChI=1S/C27H28N6O2.2C25H24N6O2/c1-4-25(34)31-27(5-2)20-8-9-21(27)16-32(15-20)24-10-7-18(13-29-24)23-11-22(35-6-3)17-33-26(23)19(12-28)14-30-33;1-4-23(32)29-25(3)10-18-8-19(11-25)31(18)22-7-6-16(13-27-22)21-9-20(33-5-2)15-30-24(21)17(12-26)14-28-30;1-4-23(32)29-25(3)18-8-19(25)14-30(13-18)22-7-6-16(11-27-22)21-9-20(33-5-2)15-31-24(21)17(10-26)12-28-31/h1,7,10-11,13-14,17,20-21H,5-6,8-9,15-16H2,2-3H3,(H,31,34);1,6-7,9,13-15,18-19H,5,8,10-11H2,2-3H3,(H,29,32);1,6-7,9,11-12,15,18-19H,5,8,13-14H2,2-3H3,(H,29,32). The molecule has 510 valence electrons. The lowest BCUT2D eigenvalue weighted by molar-refractivity contribution is -0.122. The summed E-state index contributed by atoms with van der Waals surface area (Å²) in [6.07, 6.45) is 38.2. The molecule has 8 fully saturated rings. The van der Waals surface area contributed by atoms with Gasteiger partial charge in [-0.25, -0.2) is 28.5 Å². The van der Waals surface area contributed by atoms with E-state index >= 15 is 0 Å². The van der Waals surface area contributed by atoms with Crippen LogP contribution in [0.25, 0.3) is 49.9 Å². The number of piperidine rings is 4. The highest BCUT2D eigenvalue weighted by atomic mass is 16.5. The van der Waals surface area contributed by atoms with Crippen LogP contribution in [-0.4, -0.2) is 136 Å². The van der Waals surface area contributed by atoms with Crippen molar-refractivity contribution < 1.29 is 28.6 Å². The SMILES string of the molecule is C#CC(=O)NC1(C)C2CC1CN(c1ccc(-c3cc(OCC)cn4ncc(C#N)c34)cn1)C2.C#CC(=O)NC1(C)CC2CC(C1)N2c1ccc(-c2cc(OCC)cn3ncc(C#N)c23)cn1.C#CC(=O)NC1(CC)C2CCC1CN(c1ccc(-c3cc(OCC)cn4ncc(C#N)c34)cn1)C2. The number of fused-ring (bicyclic) bond motifs is 9. The number of hydrogen-bond donors (Lipinski definition) is 3. The van der Waals surface area contributed by atoms with Gasteiger partial charge in [-0.1, -0.05) is 6.92 Å². The molecule has 6 bridgehead atoms. The van der Waals surface area contributed by atoms with E-state index in [1.807, 2.05) is 94.0 Å². The summed E-state index contributed by atoms with van der Waals surface area (Å²) in [4.78, 5) is 56.7. The summed E-state index contributed by atoms with van der Waals surface area (Å²) < 4.78 is 22.2. The highest BCUT2D eigenvalue weighted by molar-refractivity contribution is 5.95. The van der Waals surface area contributed by atoms with Gasteiger partial charge in [0.1, 0.15) is 52.9 Å². The minimum Gasteiger partial charge on any atom is -0.492 e. The molecule has 8 aliphatic rings. The minimum atomic E-state index is -0.356. The molecule has 3 N–H and O–H groups in total. The maximum Gasteiger partial charge on any atom is 0.296 e. The first-order valence-corrected chi connectivity index (χ1v) is 34.1. The minimum absolute atomic E-state index is 0.235. The summed E-state index contributed by atoms with van der Waals surface area (Å²) >= 11 is 0. The Hall–Kier alpha value is -12.1. The van der Waals surface area contributed by atoms with Crippen molar-refractivity contribution in [3.63, 3.8) is 0 Å². The molecule has 17 rings (SSSR count). The van der Waals surface area contributed by atoms with E-state index in [1.165, 1.54) is 0 Å². The van der Waals surface area contributed by atoms with Gasteiger partial charge in [0.2, 0.25) is 0 Å². The van der Waals surface area contributed by atoms with E-state index in [0.29, 0.717) is 89.5 Å². The first kappa shape index (κ1) is 67.4. The van der Waals surface area contributed by atoms with Crippen LogP contribution in [0.4, 0.5) is 17.5 Å². The molecule has 24 nitrogen and oxygen atoms in total. The van der Waals surface area contributed by atoms with Crippen molar-refractivity contribution in [1.29, 1.82) is 15.8 Å². The molecule has 3 saturated carbocycles. The molecule has 3 amide bonds. The third-order valence-corrected chi connectivity index (χ3v) is 21.3. The molecule has 0 aromatic carbocycles. The molecule has 3 aliphatic carbocycles. The molecule has 24 heteroatoms. The van der Waals surface area contributed by atoms with Crippen LogP contribution < -0.4 is 44.9 Å². The third-order valence-electron chi connectivity index (χ3n) is 21.3. The van der Waals surface area contributed by atoms with Crippen molar-refractivity contribution in [1.82, 2.24) is 59.7 Å². The van der Waals surface area contributed by atoms with Crippen LogP contribution in [-0.2, 0) is 14.4 Å². The summed E-state index contributed by atoms with van der Waals surface area (Å²) in [6.45, 7) is 17.0. The number of anilines is 3. The molecule has 5 saturated heterocycles. The van der Waals surface area contributed by atoms with Crippen molar-refractivity contribution >= 4 is 51.7 Å². The molecular formula is C77H76N18O6. The van der Waals surface area contributed by atoms with Gasteiger partial charge in [0.25, 0.3) is 17.7 Å². The van der Waals surface area contributed by atoms with Gasteiger partial charge in [-0.3, -0.25) is 14.4 Å². The Morgan fingerprint density at radius 3 is 1.25 bits per heavy atom. The number of ether oxygens (including phenoxy) is 3. The Kier molecular flexibility index (Phi) is 18.5. The predicted octanol–water partition coefficient (Wildman–Crippen LogP) is 8.96. The number of nitrogens with one attached hydrogen (secondary N) is 3. The van der Waals surface area contributed by atoms with Gasteiger partial charge in [0, 0.05) is 119 Å². The number of nitriles is 3. The maximum absolute atomic E-state index is 12.1. The molecule has 0 radical (unpaired) electrons. The molecule has 9 aromatic heterocycles. The van der Waals surface area contributed by atoms with Crippen LogP contribution in [0.2, 0.25) is 0 Å². The monoisotopic (exact) mass is 1350 g/mol. The third kappa shape index (κ3) is 12.6. The summed E-state index contributed by atoms with van der Waals surface area (Å²) in [6, 6.07) is 25.2. The molecule has 101 heavy (non-hydrogen) atoms. The van der Waals surface area contributed by atoms with Crippen LogP contribution >= 0.6 is 0 Å². The fourth-order valence-electron chi connectivity index (χ4n) is 16.6. The van der Waals surface area contributed by atoms with E-state index in [2.05, 4.69) is 103 Å². The van der Waals surface area contributed by atoms with Crippen LogP contribution in [0.1, 0.15) is 103 Å². The number of amides is 3. The highest BCUT2D eigenvalue weighted by Crippen LogP contribution is 2.51. The Labute approximate surface area is 585 Å². The van der Waals surface area contributed by atoms with Crippen molar-refractivity contribution in [3.05, 3.63) is 127 Å². The van der Waals surface area contributed by atoms with E-state index in [0.717, 1.165) is 139 Å². The summed E-state index contributed by atoms with van der Waals surface area (Å²) in [5.41, 5.74) is 8.15. The predicted molar refractivity (Wildman–Crippen MR) is 380 cm³/mol. The van der Waals surface area contributed by atoms with Crippen LogP contribution in [0.15, 0.2) is 110 Å². The number of rotatable bonds is 16. The number of pyridine rings is 6. The quantitative estimate of drug-likeness (QED) is 0.0761. The van der Waals surface area contributed by atoms with Crippen molar-refractivity contribution in [2.45, 2.75) is 115 Å². The molecule has 14 heterocycles. The van der Waals surface area contributed by atoms with Crippen molar-refractivity contribution in [3.8, 4) is 106 Å². The molecule has 9 aromatic rings. The van der Waals surface area contributed by atoms with Gasteiger partial charge >= 0.3 is 0 Å². The van der Waals surface area contributed by atoms with Crippen LogP contribution in [0.3, 0.4) is 0 Å². The van der Waals surface area contributed by atoms with Crippen molar-refractivity contribution in [2.24, 2.45) is 23.7 Å². The zero-order chi connectivity index (χ0) is 70.9. The second-order valence-electron chi connectivity index (χ2n) is 27.0. The number of hydrogen-bond acceptors (Lipinski definition) is 18. The number of terminal acetylenes is 3. The lowest BCUT2D eigenvalue weighted by Gasteiger charge is -2.61. The van der Waals surface area contributed by atoms with Crippen LogP contribution in [0, 0.1) is 94.7 Å². The van der Waals surface area contributed by atoms with E-state index in [4.69, 9.17) is 48.4 Å². The number of carbonyl (C=O) groups is 3. The van der Waals surface area contributed by atoms with Gasteiger partial charge in [-0.15, -0.1) is 19.3 Å². The average Bonchev–Trinajstić information content (AvgIpc) is 1.35. The fraction of sp³-hybridized carbons (Fsp3) is 0.377. The first-order valence-electron chi connectivity index (χ1n) is 34.1. The van der Waals surface area contributed by atoms with E-state index in [9.17, 15) is 30.2 Å². The van der Waals surface area contributed by atoms with Gasteiger partial charge in [0.15, 0.2) is 0 Å². The lowest BCUT2D eigenvalue weighted by Crippen LogP contribution is -2.72. The fourth-order valence-corrected chi connectivity index (χ4v) is 16.6. The highest BCUT2D eigenvalue weighted by Gasteiger charge is 2.57. The summed E-state index contributed by atoms with van der Waals surface area (Å²) in [5, 5.41) is 50.8. The Balaban J connectivity index is 0.000000136. The second-order valence-corrected chi connectivity index (χ2v) is 27.0. The second kappa shape index (κ2) is 27.7. The normalized spacial score (nSPS) is 23.2. The first-order chi connectivity index (χ1) is 48.9. The summed E-state index contributed by atoms with van der Waals surface area (Å²) in [7, 11) is 0. The van der Waals surface area contributed by atoms with Gasteiger partial charge in [-0.05, 0) is 164 Å². The van der Waals surface area contributed by atoms with E-state index < -0.39 is 0 Å². The van der Waals surface area contributed by atoms with Crippen LogP contribution in [0.5, 0.6) is 17.2 Å². The summed E-state index contributed by atoms with van der Waals surface area (Å²) in [5.74, 6) is 11.6. The Bertz CT molecular complexity index is 4920. The Morgan fingerprint density at radius 2 is 0.891 bits per heavy atom. The number of nitrogens with zero attached hydrogens (tertiary/aromatic N) is 15. The largest absolute Gasteiger partial charge is 0.492 e. The molecule has 6 unspecified atom stereocenters. The topological polar surface area (TPSA) is 287 Å².